The Morgan fingerprint density at radius 1 is 1.38 bits per heavy atom. The van der Waals surface area contributed by atoms with Crippen LogP contribution in [0.4, 0.5) is 10.2 Å². The molecule has 0 saturated carbocycles. The first-order chi connectivity index (χ1) is 15.3. The van der Waals surface area contributed by atoms with Crippen molar-refractivity contribution in [2.75, 3.05) is 39.5 Å². The molecule has 1 aliphatic heterocycles. The Morgan fingerprint density at radius 2 is 2.19 bits per heavy atom. The van der Waals surface area contributed by atoms with Crippen LogP contribution in [-0.4, -0.2) is 69.2 Å². The molecule has 0 spiro atoms. The van der Waals surface area contributed by atoms with Gasteiger partial charge in [-0.25, -0.2) is 19.0 Å². The van der Waals surface area contributed by atoms with Gasteiger partial charge in [0.25, 0.3) is 0 Å². The third kappa shape index (κ3) is 4.44. The van der Waals surface area contributed by atoms with E-state index >= 15 is 0 Å². The first kappa shape index (κ1) is 22.2. The molecule has 2 aromatic heterocycles. The summed E-state index contributed by atoms with van der Waals surface area (Å²) in [6.45, 7) is 1.90. The second-order valence-corrected chi connectivity index (χ2v) is 8.53. The van der Waals surface area contributed by atoms with Crippen molar-refractivity contribution >= 4 is 34.4 Å². The molecule has 10 heteroatoms. The highest BCUT2D eigenvalue weighted by Crippen LogP contribution is 2.35. The zero-order valence-electron chi connectivity index (χ0n) is 18.0. The van der Waals surface area contributed by atoms with E-state index in [1.54, 1.807) is 12.1 Å². The van der Waals surface area contributed by atoms with Gasteiger partial charge in [0.1, 0.15) is 23.7 Å². The van der Waals surface area contributed by atoms with Crippen molar-refractivity contribution in [1.82, 2.24) is 29.5 Å². The number of nitrogens with two attached hydrogens (primary N) is 1. The van der Waals surface area contributed by atoms with Crippen molar-refractivity contribution in [3.8, 4) is 11.3 Å². The number of carbonyl (C=O) groups is 1. The highest BCUT2D eigenvalue weighted by Gasteiger charge is 2.28. The summed E-state index contributed by atoms with van der Waals surface area (Å²) in [5.74, 6) is -0.244. The fraction of sp³-hybridized carbons (Fsp3) is 0.364. The molecule has 0 aliphatic carbocycles. The summed E-state index contributed by atoms with van der Waals surface area (Å²) in [7, 11) is 3.90. The summed E-state index contributed by atoms with van der Waals surface area (Å²) in [6.07, 6.45) is 6.56. The summed E-state index contributed by atoms with van der Waals surface area (Å²) in [6, 6.07) is 4.34. The van der Waals surface area contributed by atoms with Crippen LogP contribution in [0.3, 0.4) is 0 Å². The molecule has 1 aliphatic rings. The number of carbonyl (C=O) groups excluding carboxylic acids is 1. The summed E-state index contributed by atoms with van der Waals surface area (Å²) in [4.78, 5) is 25.0. The van der Waals surface area contributed by atoms with Crippen molar-refractivity contribution in [1.29, 1.82) is 0 Å². The number of benzene rings is 1. The number of likely N-dealkylation sites (tertiary alicyclic amines) is 1. The lowest BCUT2D eigenvalue weighted by atomic mass is 10.1. The molecule has 3 aromatic rings. The molecule has 0 radical (unpaired) electrons. The number of anilines is 1. The van der Waals surface area contributed by atoms with Crippen molar-refractivity contribution in [3.63, 3.8) is 0 Å². The highest BCUT2D eigenvalue weighted by molar-refractivity contribution is 6.31. The molecular weight excluding hydrogens is 433 g/mol. The van der Waals surface area contributed by atoms with Crippen LogP contribution in [0.15, 0.2) is 36.7 Å². The quantitative estimate of drug-likeness (QED) is 0.591. The minimum absolute atomic E-state index is 0.000398. The minimum Gasteiger partial charge on any atom is -0.383 e. The van der Waals surface area contributed by atoms with Crippen molar-refractivity contribution in [3.05, 3.63) is 47.5 Å². The number of nitrogens with zero attached hydrogens (tertiary/aromatic N) is 6. The first-order valence-corrected chi connectivity index (χ1v) is 10.8. The maximum Gasteiger partial charge on any atom is 0.246 e. The zero-order valence-corrected chi connectivity index (χ0v) is 18.8. The van der Waals surface area contributed by atoms with E-state index in [0.717, 1.165) is 12.8 Å². The van der Waals surface area contributed by atoms with Gasteiger partial charge in [-0.15, -0.1) is 0 Å². The number of nitrogen functional groups attached to an aromatic ring is 1. The van der Waals surface area contributed by atoms with E-state index in [1.165, 1.54) is 18.5 Å². The normalized spacial score (nSPS) is 17.0. The van der Waals surface area contributed by atoms with E-state index in [0.29, 0.717) is 41.9 Å². The van der Waals surface area contributed by atoms with Gasteiger partial charge in [-0.2, -0.15) is 5.10 Å². The molecule has 3 heterocycles. The Labute approximate surface area is 190 Å². The van der Waals surface area contributed by atoms with Crippen LogP contribution in [0.25, 0.3) is 22.3 Å². The van der Waals surface area contributed by atoms with Crippen LogP contribution in [0.5, 0.6) is 0 Å². The SMILES string of the molecule is CN(C)CC=CC(=O)N1CCC[C@@H](n2nc(-c3ccc(F)c(Cl)c3)c3c(N)ncnc32)C1. The second-order valence-electron chi connectivity index (χ2n) is 8.12. The fourth-order valence-corrected chi connectivity index (χ4v) is 4.10. The fourth-order valence-electron chi connectivity index (χ4n) is 3.92. The number of aromatic nitrogens is 4. The third-order valence-electron chi connectivity index (χ3n) is 5.50. The lowest BCUT2D eigenvalue weighted by Gasteiger charge is -2.32. The van der Waals surface area contributed by atoms with Gasteiger partial charge < -0.3 is 15.5 Å². The number of hydrogen-bond donors (Lipinski definition) is 1. The summed E-state index contributed by atoms with van der Waals surface area (Å²) >= 11 is 6.00. The van der Waals surface area contributed by atoms with Crippen LogP contribution in [0.2, 0.25) is 5.02 Å². The predicted molar refractivity (Wildman–Crippen MR) is 123 cm³/mol. The van der Waals surface area contributed by atoms with Gasteiger partial charge in [0.15, 0.2) is 5.65 Å². The molecule has 1 aromatic carbocycles. The van der Waals surface area contributed by atoms with Gasteiger partial charge in [0.05, 0.1) is 16.5 Å². The van der Waals surface area contributed by atoms with E-state index < -0.39 is 5.82 Å². The molecule has 4 rings (SSSR count). The lowest BCUT2D eigenvalue weighted by Crippen LogP contribution is -2.40. The van der Waals surface area contributed by atoms with Crippen molar-refractivity contribution in [2.24, 2.45) is 0 Å². The Balaban J connectivity index is 1.68. The van der Waals surface area contributed by atoms with E-state index in [1.807, 2.05) is 34.7 Å². The number of likely N-dealkylation sites (N-methyl/N-ethyl adjacent to an activating group) is 1. The monoisotopic (exact) mass is 457 g/mol. The van der Waals surface area contributed by atoms with Gasteiger partial charge >= 0.3 is 0 Å². The van der Waals surface area contributed by atoms with Crippen LogP contribution < -0.4 is 5.73 Å². The third-order valence-corrected chi connectivity index (χ3v) is 5.79. The van der Waals surface area contributed by atoms with E-state index in [2.05, 4.69) is 9.97 Å². The van der Waals surface area contributed by atoms with Crippen molar-refractivity contribution in [2.45, 2.75) is 18.9 Å². The second kappa shape index (κ2) is 9.22. The Morgan fingerprint density at radius 3 is 2.94 bits per heavy atom. The zero-order chi connectivity index (χ0) is 22.8. The molecule has 0 unspecified atom stereocenters. The molecule has 8 nitrogen and oxygen atoms in total. The van der Waals surface area contributed by atoms with E-state index in [9.17, 15) is 9.18 Å². The molecule has 2 N–H and O–H groups in total. The van der Waals surface area contributed by atoms with E-state index in [4.69, 9.17) is 22.4 Å². The average Bonchev–Trinajstić information content (AvgIpc) is 3.16. The van der Waals surface area contributed by atoms with Gasteiger partial charge in [-0.3, -0.25) is 4.79 Å². The molecule has 0 bridgehead atoms. The Hall–Kier alpha value is -3.04. The molecule has 1 saturated heterocycles. The Kier molecular flexibility index (Phi) is 6.38. The molecule has 168 valence electrons. The van der Waals surface area contributed by atoms with Crippen LogP contribution >= 0.6 is 11.6 Å². The summed E-state index contributed by atoms with van der Waals surface area (Å²) in [5.41, 5.74) is 7.91. The van der Waals surface area contributed by atoms with Gasteiger partial charge in [-0.05, 0) is 45.1 Å². The molecule has 32 heavy (non-hydrogen) atoms. The molecular formula is C22H25ClFN7O. The summed E-state index contributed by atoms with van der Waals surface area (Å²) in [5, 5.41) is 5.37. The molecule has 1 amide bonds. The number of halogens is 2. The highest BCUT2D eigenvalue weighted by atomic mass is 35.5. The topological polar surface area (TPSA) is 93.2 Å². The lowest BCUT2D eigenvalue weighted by molar-refractivity contribution is -0.127. The predicted octanol–water partition coefficient (Wildman–Crippen LogP) is 3.15. The van der Waals surface area contributed by atoms with Crippen LogP contribution in [0, 0.1) is 5.82 Å². The molecule has 1 atom stereocenters. The average molecular weight is 458 g/mol. The van der Waals surface area contributed by atoms with Crippen LogP contribution in [0.1, 0.15) is 18.9 Å². The van der Waals surface area contributed by atoms with Gasteiger partial charge in [-0.1, -0.05) is 17.7 Å². The molecule has 1 fully saturated rings. The first-order valence-electron chi connectivity index (χ1n) is 10.4. The van der Waals surface area contributed by atoms with E-state index in [-0.39, 0.29) is 22.8 Å². The largest absolute Gasteiger partial charge is 0.383 e. The maximum absolute atomic E-state index is 13.7. The number of piperidine rings is 1. The summed E-state index contributed by atoms with van der Waals surface area (Å²) < 4.78 is 15.5. The van der Waals surface area contributed by atoms with Gasteiger partial charge in [0, 0.05) is 31.3 Å². The number of amides is 1. The van der Waals surface area contributed by atoms with Gasteiger partial charge in [0.2, 0.25) is 5.91 Å². The number of rotatable bonds is 5. The number of hydrogen-bond acceptors (Lipinski definition) is 6. The smallest absolute Gasteiger partial charge is 0.246 e. The van der Waals surface area contributed by atoms with Crippen molar-refractivity contribution < 1.29 is 9.18 Å². The maximum atomic E-state index is 13.7. The Bertz CT molecular complexity index is 1180. The standard InChI is InChI=1S/C22H25ClFN7O/c1-29(2)9-4-6-18(32)30-10-3-5-15(12-30)31-22-19(21(25)26-13-27-22)20(28-31)14-7-8-17(24)16(23)11-14/h4,6-8,11,13,15H,3,5,9-10,12H2,1-2H3,(H2,25,26,27)/t15-/m1/s1. The number of fused-ring (bicyclic) bond motifs is 1. The minimum atomic E-state index is -0.507. The van der Waals surface area contributed by atoms with Crippen LogP contribution in [-0.2, 0) is 4.79 Å².